The number of allylic oxidation sites excluding steroid dienone is 3. The summed E-state index contributed by atoms with van der Waals surface area (Å²) >= 11 is 0. The molecule has 1 spiro atoms. The maximum atomic E-state index is 14.8. The van der Waals surface area contributed by atoms with Crippen molar-refractivity contribution in [3.05, 3.63) is 119 Å². The van der Waals surface area contributed by atoms with Crippen molar-refractivity contribution >= 4 is 5.71 Å². The van der Waals surface area contributed by atoms with E-state index in [-0.39, 0.29) is 54.2 Å². The van der Waals surface area contributed by atoms with E-state index in [9.17, 15) is 35.1 Å². The molecular weight excluding hydrogens is 1160 g/mol. The van der Waals surface area contributed by atoms with E-state index in [1.807, 2.05) is 30.1 Å². The molecule has 7 rings (SSSR count). The second kappa shape index (κ2) is 33.5. The second-order valence-electron chi connectivity index (χ2n) is 28.0. The van der Waals surface area contributed by atoms with E-state index in [1.165, 1.54) is 62.8 Å². The SMILES string of the molecule is CC[C@H](C)[C@H]1CN[C@@H](CC(C)C)C(C)NCC2[C@H](C)C(C)N2[C@@H](C2CCCCC2)C(C)NC2(CCCC2)CNCCNC=CC(CCc2cc(F)c(C(F)(F)F)c(F)c2)=NC=CN(C)C=C(Cc2ccc(C(F)(F)F)cc2)N(C)C=C2CCCN2[C@@H](C)C(C)N1. The molecule has 6 N–H and O–H groups in total. The summed E-state index contributed by atoms with van der Waals surface area (Å²) in [6, 6.07) is 9.36. The van der Waals surface area contributed by atoms with Gasteiger partial charge in [0, 0.05) is 162 Å². The summed E-state index contributed by atoms with van der Waals surface area (Å²) < 4.78 is 111. The molecule has 506 valence electrons. The van der Waals surface area contributed by atoms with E-state index in [4.69, 9.17) is 4.99 Å². The Hall–Kier alpha value is -4.53. The number of nitrogens with zero attached hydrogens (tertiary/aromatic N) is 5. The third-order valence-electron chi connectivity index (χ3n) is 20.8. The van der Waals surface area contributed by atoms with Crippen molar-refractivity contribution in [1.29, 1.82) is 0 Å². The predicted octanol–water partition coefficient (Wildman–Crippen LogP) is 14.2. The van der Waals surface area contributed by atoms with Crippen molar-refractivity contribution in [3.63, 3.8) is 0 Å². The van der Waals surface area contributed by atoms with Crippen LogP contribution in [-0.2, 0) is 25.2 Å². The lowest BCUT2D eigenvalue weighted by Gasteiger charge is -2.60. The molecule has 11 atom stereocenters. The van der Waals surface area contributed by atoms with Gasteiger partial charge in [-0.05, 0) is 164 Å². The van der Waals surface area contributed by atoms with Gasteiger partial charge < -0.3 is 46.6 Å². The third kappa shape index (κ3) is 20.2. The number of aliphatic imine (C=N–C) groups is 1. The van der Waals surface area contributed by atoms with Crippen molar-refractivity contribution in [3.8, 4) is 0 Å². The molecule has 3 heterocycles. The minimum atomic E-state index is -5.18. The summed E-state index contributed by atoms with van der Waals surface area (Å²) in [5, 5.41) is 24.0. The van der Waals surface area contributed by atoms with Crippen LogP contribution in [0.1, 0.15) is 181 Å². The maximum Gasteiger partial charge on any atom is 0.422 e. The van der Waals surface area contributed by atoms with Crippen molar-refractivity contribution in [2.45, 2.75) is 244 Å². The number of benzene rings is 2. The highest BCUT2D eigenvalue weighted by Crippen LogP contribution is 2.43. The molecule has 5 aliphatic rings. The first kappa shape index (κ1) is 72.9. The number of hydrogen-bond donors (Lipinski definition) is 6. The molecule has 2 aromatic carbocycles. The Kier molecular flexibility index (Phi) is 27.2. The van der Waals surface area contributed by atoms with Crippen LogP contribution in [0.25, 0.3) is 0 Å². The van der Waals surface area contributed by atoms with Crippen molar-refractivity contribution in [2.24, 2.45) is 28.7 Å². The van der Waals surface area contributed by atoms with E-state index < -0.39 is 35.1 Å². The fraction of sp³-hybridized carbons (Fsp3) is 0.704. The van der Waals surface area contributed by atoms with E-state index >= 15 is 0 Å². The Balaban J connectivity index is 1.21. The summed E-state index contributed by atoms with van der Waals surface area (Å²) in [4.78, 5) is 14.0. The fourth-order valence-electron chi connectivity index (χ4n) is 15.0. The summed E-state index contributed by atoms with van der Waals surface area (Å²) in [6.45, 7) is 28.5. The number of aryl methyl sites for hydroxylation is 1. The first-order valence-corrected chi connectivity index (χ1v) is 34.1. The standard InChI is InChI=1S/C71H111F8N11/c1-13-48(4)65-42-84-64(38-47(2)3)51(7)83-43-66-49(5)53(9)90(66)68(57-20-15-14-16-21-57)52(8)86-69(30-17-18-31-69)46-81-34-33-80-32-29-59(28-25-56-40-62(72)67(63(73)41-56)71(77,78)79)82-35-37-87(11)44-61(39-55-23-26-58(27-24-55)70(74,75)76)88(12)45-60-22-19-36-89(60)54(10)50(6)85-65/h23-24,26-27,29,32,35,37,40-41,44-45,47-54,57,64-66,68,80-81,83-86H,13-22,25,28,30-31,33-34,36,38-39,42-43,46H2,1-12H3/t48-,49+,50?,51?,52?,53?,54-,64-,65+,66?,68+/m0/s1. The molecule has 0 bridgehead atoms. The van der Waals surface area contributed by atoms with Gasteiger partial charge in [0.2, 0.25) is 0 Å². The summed E-state index contributed by atoms with van der Waals surface area (Å²) in [7, 11) is 3.79. The molecule has 19 heteroatoms. The molecule has 5 unspecified atom stereocenters. The quantitative estimate of drug-likeness (QED) is 0.129. The first-order chi connectivity index (χ1) is 42.7. The number of halogens is 8. The van der Waals surface area contributed by atoms with Gasteiger partial charge >= 0.3 is 12.4 Å². The van der Waals surface area contributed by atoms with Crippen molar-refractivity contribution in [1.82, 2.24) is 51.5 Å². The molecule has 0 aromatic heterocycles. The Bertz CT molecular complexity index is 2650. The Labute approximate surface area is 535 Å². The van der Waals surface area contributed by atoms with E-state index in [1.54, 1.807) is 24.7 Å². The maximum absolute atomic E-state index is 14.8. The molecule has 3 aliphatic heterocycles. The van der Waals surface area contributed by atoms with Gasteiger partial charge in [0.15, 0.2) is 0 Å². The van der Waals surface area contributed by atoms with Crippen LogP contribution in [0, 0.1) is 35.3 Å². The topological polar surface area (TPSA) is 97.5 Å². The number of alkyl halides is 6. The highest BCUT2D eigenvalue weighted by atomic mass is 19.4. The van der Waals surface area contributed by atoms with Crippen molar-refractivity contribution < 1.29 is 35.1 Å². The van der Waals surface area contributed by atoms with Crippen LogP contribution in [0.15, 0.2) is 89.9 Å². The van der Waals surface area contributed by atoms with Gasteiger partial charge in [0.25, 0.3) is 0 Å². The number of nitrogens with one attached hydrogen (secondary N) is 6. The number of hydrogen-bond acceptors (Lipinski definition) is 11. The fourth-order valence-corrected chi connectivity index (χ4v) is 15.0. The van der Waals surface area contributed by atoms with Crippen LogP contribution in [0.4, 0.5) is 35.1 Å². The van der Waals surface area contributed by atoms with Gasteiger partial charge in [-0.1, -0.05) is 85.3 Å². The molecular formula is C71H111F8N11. The molecule has 90 heavy (non-hydrogen) atoms. The summed E-state index contributed by atoms with van der Waals surface area (Å²) in [5.41, 5.74) is 0.549. The molecule has 0 radical (unpaired) electrons. The zero-order valence-electron chi connectivity index (χ0n) is 56.2. The average molecular weight is 1270 g/mol. The molecule has 2 aliphatic carbocycles. The molecule has 2 aromatic rings. The van der Waals surface area contributed by atoms with E-state index in [0.29, 0.717) is 78.6 Å². The van der Waals surface area contributed by atoms with Gasteiger partial charge in [-0.3, -0.25) is 9.89 Å². The highest BCUT2D eigenvalue weighted by Gasteiger charge is 2.51. The van der Waals surface area contributed by atoms with Gasteiger partial charge in [0.1, 0.15) is 17.2 Å². The van der Waals surface area contributed by atoms with Crippen LogP contribution in [0.5, 0.6) is 0 Å². The van der Waals surface area contributed by atoms with Crippen LogP contribution in [-0.4, -0.2) is 139 Å². The number of rotatable bonds is 10. The van der Waals surface area contributed by atoms with Crippen molar-refractivity contribution in [2.75, 3.05) is 53.4 Å². The number of likely N-dealkylation sites (N-methyl/N-ethyl adjacent to an activating group) is 1. The van der Waals surface area contributed by atoms with Gasteiger partial charge in [0.05, 0.1) is 5.56 Å². The van der Waals surface area contributed by atoms with Gasteiger partial charge in [-0.25, -0.2) is 8.78 Å². The summed E-state index contributed by atoms with van der Waals surface area (Å²) in [5.74, 6) is -1.20. The second-order valence-corrected chi connectivity index (χ2v) is 28.0. The highest BCUT2D eigenvalue weighted by molar-refractivity contribution is 5.95. The summed E-state index contributed by atoms with van der Waals surface area (Å²) in [6.07, 6.45) is 16.7. The number of fused-ring (bicyclic) bond motifs is 2. The zero-order chi connectivity index (χ0) is 65.5. The normalized spacial score (nSPS) is 29.0. The van der Waals surface area contributed by atoms with E-state index in [0.717, 1.165) is 94.7 Å². The van der Waals surface area contributed by atoms with Crippen LogP contribution < -0.4 is 31.9 Å². The van der Waals surface area contributed by atoms with Crippen LogP contribution in [0.3, 0.4) is 0 Å². The lowest BCUT2D eigenvalue weighted by Crippen LogP contribution is -2.73. The average Bonchev–Trinajstić information content (AvgIpc) is 0.922. The minimum Gasteiger partial charge on any atom is -0.390 e. The molecule has 0 amide bonds. The third-order valence-corrected chi connectivity index (χ3v) is 20.8. The Morgan fingerprint density at radius 1 is 0.744 bits per heavy atom. The van der Waals surface area contributed by atoms with E-state index in [2.05, 4.69) is 117 Å². The van der Waals surface area contributed by atoms with Crippen LogP contribution >= 0.6 is 0 Å². The molecule has 2 saturated heterocycles. The zero-order valence-corrected chi connectivity index (χ0v) is 56.2. The molecule has 4 fully saturated rings. The monoisotopic (exact) mass is 1270 g/mol. The smallest absolute Gasteiger partial charge is 0.390 e. The van der Waals surface area contributed by atoms with Gasteiger partial charge in [-0.2, -0.15) is 26.3 Å². The Morgan fingerprint density at radius 3 is 2.08 bits per heavy atom. The van der Waals surface area contributed by atoms with Gasteiger partial charge in [-0.15, -0.1) is 0 Å². The lowest BCUT2D eigenvalue weighted by atomic mass is 9.73. The lowest BCUT2D eigenvalue weighted by molar-refractivity contribution is -0.142. The largest absolute Gasteiger partial charge is 0.422 e. The van der Waals surface area contributed by atoms with Crippen LogP contribution in [0.2, 0.25) is 0 Å². The first-order valence-electron chi connectivity index (χ1n) is 34.1. The molecule has 11 nitrogen and oxygen atoms in total. The Morgan fingerprint density at radius 2 is 1.43 bits per heavy atom. The predicted molar refractivity (Wildman–Crippen MR) is 351 cm³/mol. The minimum absolute atomic E-state index is 0.0115. The molecule has 2 saturated carbocycles.